The molecule has 0 radical (unpaired) electrons. The smallest absolute Gasteiger partial charge is 0.217 e. The molecule has 0 unspecified atom stereocenters. The van der Waals surface area contributed by atoms with E-state index in [0.29, 0.717) is 6.42 Å². The first-order valence-corrected chi connectivity index (χ1v) is 8.71. The van der Waals surface area contributed by atoms with Crippen molar-refractivity contribution in [1.29, 1.82) is 0 Å². The van der Waals surface area contributed by atoms with Gasteiger partial charge in [0.05, 0.1) is 0 Å². The highest BCUT2D eigenvalue weighted by Gasteiger charge is 1.95. The van der Waals surface area contributed by atoms with Crippen LogP contribution in [-0.2, 0) is 4.79 Å². The highest BCUT2D eigenvalue weighted by molar-refractivity contribution is 7.80. The van der Waals surface area contributed by atoms with Crippen LogP contribution in [0.15, 0.2) is 0 Å². The maximum Gasteiger partial charge on any atom is 0.217 e. The van der Waals surface area contributed by atoms with E-state index in [1.54, 1.807) is 0 Å². The molecule has 0 aromatic heterocycles. The number of amides is 1. The van der Waals surface area contributed by atoms with Gasteiger partial charge in [0.1, 0.15) is 0 Å². The van der Waals surface area contributed by atoms with Crippen molar-refractivity contribution in [3.8, 4) is 0 Å². The largest absolute Gasteiger partial charge is 0.370 e. The zero-order chi connectivity index (χ0) is 14.8. The summed E-state index contributed by atoms with van der Waals surface area (Å²) >= 11 is 3.79. The fraction of sp³-hybridized carbons (Fsp3) is 0.938. The van der Waals surface area contributed by atoms with E-state index in [1.807, 2.05) is 6.92 Å². The average Bonchev–Trinajstić information content (AvgIpc) is 2.36. The molecule has 0 saturated heterocycles. The minimum atomic E-state index is -0.157. The summed E-state index contributed by atoms with van der Waals surface area (Å²) in [7, 11) is 0. The van der Waals surface area contributed by atoms with E-state index in [9.17, 15) is 4.79 Å². The summed E-state index contributed by atoms with van der Waals surface area (Å²) in [5, 5.41) is 0. The summed E-state index contributed by atoms with van der Waals surface area (Å²) in [5.74, 6) is 0.788. The van der Waals surface area contributed by atoms with Gasteiger partial charge in [-0.25, -0.2) is 0 Å². The number of primary amides is 1. The Morgan fingerprint density at radius 3 is 1.42 bits per heavy atom. The molecule has 0 saturated carbocycles. The summed E-state index contributed by atoms with van der Waals surface area (Å²) in [6.07, 6.45) is 15.0. The first kappa shape index (κ1) is 21.1. The van der Waals surface area contributed by atoms with Crippen LogP contribution < -0.4 is 5.73 Å². The second kappa shape index (κ2) is 20.1. The van der Waals surface area contributed by atoms with Crippen LogP contribution in [0.25, 0.3) is 0 Å². The summed E-state index contributed by atoms with van der Waals surface area (Å²) in [4.78, 5) is 10.5. The summed E-state index contributed by atoms with van der Waals surface area (Å²) < 4.78 is 0. The Balaban J connectivity index is 0. The Morgan fingerprint density at radius 2 is 1.11 bits per heavy atom. The average molecular weight is 290 g/mol. The van der Waals surface area contributed by atoms with Crippen LogP contribution >= 0.6 is 12.6 Å². The zero-order valence-electron chi connectivity index (χ0n) is 13.1. The molecule has 0 aliphatic carbocycles. The quantitative estimate of drug-likeness (QED) is 0.380. The predicted molar refractivity (Wildman–Crippen MR) is 89.8 cm³/mol. The summed E-state index contributed by atoms with van der Waals surface area (Å²) in [6, 6.07) is 0. The molecule has 0 aromatic carbocycles. The number of unbranched alkanes of at least 4 members (excludes halogenated alkanes) is 10. The molecule has 0 fully saturated rings. The summed E-state index contributed by atoms with van der Waals surface area (Å²) in [6.45, 7) is 4.25. The molecular weight excluding hydrogens is 254 g/mol. The SMILES string of the molecule is CCCCCCCCCCCCCC(N)=O.CCS. The maximum atomic E-state index is 10.5. The van der Waals surface area contributed by atoms with Crippen LogP contribution in [0.3, 0.4) is 0 Å². The van der Waals surface area contributed by atoms with Crippen LogP contribution in [0, 0.1) is 0 Å². The number of rotatable bonds is 12. The third-order valence-corrected chi connectivity index (χ3v) is 3.03. The van der Waals surface area contributed by atoms with Gasteiger partial charge in [0.2, 0.25) is 5.91 Å². The molecule has 2 nitrogen and oxygen atoms in total. The standard InChI is InChI=1S/C14H29NO.C2H6S/c1-2-3-4-5-6-7-8-9-10-11-12-13-14(15)16;1-2-3/h2-13H2,1H3,(H2,15,16);3H,2H2,1H3. The molecule has 116 valence electrons. The molecule has 0 aliphatic rings. The van der Waals surface area contributed by atoms with Gasteiger partial charge in [-0.15, -0.1) is 0 Å². The van der Waals surface area contributed by atoms with Crippen molar-refractivity contribution in [1.82, 2.24) is 0 Å². The minimum absolute atomic E-state index is 0.157. The normalized spacial score (nSPS) is 9.84. The highest BCUT2D eigenvalue weighted by atomic mass is 32.1. The van der Waals surface area contributed by atoms with Crippen molar-refractivity contribution in [3.63, 3.8) is 0 Å². The van der Waals surface area contributed by atoms with Crippen molar-refractivity contribution < 1.29 is 4.79 Å². The summed E-state index contributed by atoms with van der Waals surface area (Å²) in [5.41, 5.74) is 5.07. The van der Waals surface area contributed by atoms with E-state index in [-0.39, 0.29) is 5.91 Å². The number of nitrogens with two attached hydrogens (primary N) is 1. The molecule has 19 heavy (non-hydrogen) atoms. The molecule has 0 atom stereocenters. The minimum Gasteiger partial charge on any atom is -0.370 e. The fourth-order valence-electron chi connectivity index (χ4n) is 1.96. The van der Waals surface area contributed by atoms with Crippen molar-refractivity contribution in [2.75, 3.05) is 5.75 Å². The van der Waals surface area contributed by atoms with Gasteiger partial charge in [0.15, 0.2) is 0 Å². The first-order valence-electron chi connectivity index (χ1n) is 8.08. The van der Waals surface area contributed by atoms with Gasteiger partial charge in [-0.1, -0.05) is 78.1 Å². The van der Waals surface area contributed by atoms with Crippen LogP contribution in [0.1, 0.15) is 90.9 Å². The lowest BCUT2D eigenvalue weighted by atomic mass is 10.1. The van der Waals surface area contributed by atoms with Gasteiger partial charge < -0.3 is 5.73 Å². The molecule has 0 rings (SSSR count). The lowest BCUT2D eigenvalue weighted by Crippen LogP contribution is -2.09. The molecule has 3 heteroatoms. The van der Waals surface area contributed by atoms with Crippen molar-refractivity contribution in [3.05, 3.63) is 0 Å². The van der Waals surface area contributed by atoms with Crippen LogP contribution in [0.5, 0.6) is 0 Å². The Hall–Kier alpha value is -0.180. The van der Waals surface area contributed by atoms with E-state index in [4.69, 9.17) is 5.73 Å². The third-order valence-electron chi connectivity index (χ3n) is 3.03. The van der Waals surface area contributed by atoms with Gasteiger partial charge in [0.25, 0.3) is 0 Å². The molecule has 0 spiro atoms. The van der Waals surface area contributed by atoms with E-state index in [2.05, 4.69) is 19.6 Å². The molecular formula is C16H35NOS. The molecule has 0 heterocycles. The molecule has 2 N–H and O–H groups in total. The van der Waals surface area contributed by atoms with Crippen molar-refractivity contribution in [2.24, 2.45) is 5.73 Å². The van der Waals surface area contributed by atoms with Gasteiger partial charge >= 0.3 is 0 Å². The fourth-order valence-corrected chi connectivity index (χ4v) is 1.96. The van der Waals surface area contributed by atoms with Crippen molar-refractivity contribution in [2.45, 2.75) is 90.9 Å². The second-order valence-corrected chi connectivity index (χ2v) is 5.70. The van der Waals surface area contributed by atoms with Gasteiger partial charge in [0, 0.05) is 6.42 Å². The number of carbonyl (C=O) groups excluding carboxylic acids is 1. The number of thiol groups is 1. The van der Waals surface area contributed by atoms with Crippen LogP contribution in [0.2, 0.25) is 0 Å². The molecule has 1 amide bonds. The monoisotopic (exact) mass is 289 g/mol. The Labute approximate surface area is 126 Å². The van der Waals surface area contributed by atoms with Gasteiger partial charge in [-0.3, -0.25) is 4.79 Å². The Morgan fingerprint density at radius 1 is 0.789 bits per heavy atom. The molecule has 0 bridgehead atoms. The Kier molecular flexibility index (Phi) is 22.4. The lowest BCUT2D eigenvalue weighted by Gasteiger charge is -2.01. The lowest BCUT2D eigenvalue weighted by molar-refractivity contribution is -0.118. The van der Waals surface area contributed by atoms with Gasteiger partial charge in [-0.05, 0) is 12.2 Å². The number of carbonyl (C=O) groups is 1. The Bertz CT molecular complexity index is 174. The van der Waals surface area contributed by atoms with Crippen molar-refractivity contribution >= 4 is 18.5 Å². The third kappa shape index (κ3) is 27.1. The van der Waals surface area contributed by atoms with Crippen LogP contribution in [-0.4, -0.2) is 11.7 Å². The van der Waals surface area contributed by atoms with E-state index in [0.717, 1.165) is 12.2 Å². The predicted octanol–water partition coefficient (Wildman–Crippen LogP) is 5.11. The van der Waals surface area contributed by atoms with Gasteiger partial charge in [-0.2, -0.15) is 12.6 Å². The second-order valence-electron chi connectivity index (χ2n) is 5.07. The molecule has 0 aromatic rings. The maximum absolute atomic E-state index is 10.5. The number of hydrogen-bond acceptors (Lipinski definition) is 2. The van der Waals surface area contributed by atoms with E-state index in [1.165, 1.54) is 64.2 Å². The van der Waals surface area contributed by atoms with E-state index >= 15 is 0 Å². The van der Waals surface area contributed by atoms with E-state index < -0.39 is 0 Å². The number of hydrogen-bond donors (Lipinski definition) is 2. The topological polar surface area (TPSA) is 43.1 Å². The molecule has 0 aliphatic heterocycles. The first-order chi connectivity index (χ1) is 9.18. The zero-order valence-corrected chi connectivity index (χ0v) is 14.0. The van der Waals surface area contributed by atoms with Crippen LogP contribution in [0.4, 0.5) is 0 Å². The highest BCUT2D eigenvalue weighted by Crippen LogP contribution is 2.11.